The molecule has 24 heavy (non-hydrogen) atoms. The number of fused-ring (bicyclic) bond motifs is 1. The number of nitrogens with zero attached hydrogens (tertiary/aromatic N) is 1. The van der Waals surface area contributed by atoms with E-state index in [2.05, 4.69) is 5.32 Å². The number of rotatable bonds is 2. The van der Waals surface area contributed by atoms with Crippen molar-refractivity contribution in [1.82, 2.24) is 4.57 Å². The first-order valence-electron chi connectivity index (χ1n) is 6.92. The third-order valence-corrected chi connectivity index (χ3v) is 3.82. The topological polar surface area (TPSA) is 51.1 Å². The number of halogens is 3. The van der Waals surface area contributed by atoms with Crippen LogP contribution in [0.25, 0.3) is 10.9 Å². The van der Waals surface area contributed by atoms with Gasteiger partial charge in [-0.15, -0.1) is 0 Å². The summed E-state index contributed by atoms with van der Waals surface area (Å²) in [5.74, 6) is -2.42. The van der Waals surface area contributed by atoms with Gasteiger partial charge in [-0.3, -0.25) is 9.59 Å². The fourth-order valence-corrected chi connectivity index (χ4v) is 2.81. The quantitative estimate of drug-likeness (QED) is 0.767. The highest BCUT2D eigenvalue weighted by Gasteiger charge is 2.16. The summed E-state index contributed by atoms with van der Waals surface area (Å²) >= 11 is 6.09. The van der Waals surface area contributed by atoms with Crippen molar-refractivity contribution in [2.45, 2.75) is 0 Å². The van der Waals surface area contributed by atoms with E-state index in [1.54, 1.807) is 29.8 Å². The van der Waals surface area contributed by atoms with Gasteiger partial charge in [0.15, 0.2) is 0 Å². The number of amides is 1. The van der Waals surface area contributed by atoms with Crippen molar-refractivity contribution in [3.05, 3.63) is 75.0 Å². The number of aryl methyl sites for hydroxylation is 1. The highest BCUT2D eigenvalue weighted by atomic mass is 35.5. The number of hydrogen-bond donors (Lipinski definition) is 1. The van der Waals surface area contributed by atoms with Gasteiger partial charge in [-0.2, -0.15) is 0 Å². The number of anilines is 1. The molecule has 3 aromatic rings. The van der Waals surface area contributed by atoms with Crippen molar-refractivity contribution < 1.29 is 13.6 Å². The molecule has 3 rings (SSSR count). The molecule has 0 saturated carbocycles. The molecule has 7 heteroatoms. The second-order valence-corrected chi connectivity index (χ2v) is 5.64. The van der Waals surface area contributed by atoms with Gasteiger partial charge in [0, 0.05) is 30.4 Å². The Hall–Kier alpha value is -2.73. The van der Waals surface area contributed by atoms with Crippen LogP contribution in [0.2, 0.25) is 5.02 Å². The Morgan fingerprint density at radius 1 is 1.17 bits per heavy atom. The zero-order valence-corrected chi connectivity index (χ0v) is 13.2. The molecule has 122 valence electrons. The highest BCUT2D eigenvalue weighted by molar-refractivity contribution is 6.35. The molecule has 0 spiro atoms. The van der Waals surface area contributed by atoms with Crippen LogP contribution in [-0.2, 0) is 7.05 Å². The van der Waals surface area contributed by atoms with Crippen LogP contribution in [0, 0.1) is 11.6 Å². The molecule has 0 bridgehead atoms. The molecular formula is C17H11ClF2N2O2. The summed E-state index contributed by atoms with van der Waals surface area (Å²) in [6.45, 7) is 0. The summed E-state index contributed by atoms with van der Waals surface area (Å²) in [6, 6.07) is 7.41. The second kappa shape index (κ2) is 6.05. The van der Waals surface area contributed by atoms with Gasteiger partial charge in [0.2, 0.25) is 5.43 Å². The molecule has 0 saturated heterocycles. The Morgan fingerprint density at radius 2 is 1.83 bits per heavy atom. The van der Waals surface area contributed by atoms with E-state index in [1.165, 1.54) is 6.20 Å². The minimum Gasteiger partial charge on any atom is -0.348 e. The first-order chi connectivity index (χ1) is 11.4. The van der Waals surface area contributed by atoms with Crippen molar-refractivity contribution in [2.75, 3.05) is 5.32 Å². The Morgan fingerprint density at radius 3 is 2.50 bits per heavy atom. The lowest BCUT2D eigenvalue weighted by atomic mass is 10.1. The molecule has 0 aliphatic carbocycles. The standard InChI is InChI=1S/C17H11ClF2N2O2/c1-22-8-13(16(23)12-3-2-4-14(18)15(12)22)17(24)21-11-6-9(19)5-10(20)7-11/h2-8H,1H3,(H,21,24). The Balaban J connectivity index is 2.08. The molecule has 0 unspecified atom stereocenters. The fraction of sp³-hybridized carbons (Fsp3) is 0.0588. The molecule has 4 nitrogen and oxygen atoms in total. The van der Waals surface area contributed by atoms with Crippen LogP contribution in [0.15, 0.2) is 47.4 Å². The largest absolute Gasteiger partial charge is 0.348 e. The lowest BCUT2D eigenvalue weighted by Crippen LogP contribution is -2.23. The van der Waals surface area contributed by atoms with E-state index in [0.29, 0.717) is 16.6 Å². The van der Waals surface area contributed by atoms with Gasteiger partial charge < -0.3 is 9.88 Å². The Kier molecular flexibility index (Phi) is 4.07. The average molecular weight is 349 g/mol. The van der Waals surface area contributed by atoms with Crippen molar-refractivity contribution >= 4 is 34.1 Å². The van der Waals surface area contributed by atoms with Gasteiger partial charge in [0.05, 0.1) is 10.5 Å². The Bertz CT molecular complexity index is 1010. The fourth-order valence-electron chi connectivity index (χ4n) is 2.51. The van der Waals surface area contributed by atoms with Crippen LogP contribution in [0.3, 0.4) is 0 Å². The lowest BCUT2D eigenvalue weighted by molar-refractivity contribution is 0.102. The summed E-state index contributed by atoms with van der Waals surface area (Å²) < 4.78 is 28.0. The van der Waals surface area contributed by atoms with Gasteiger partial charge >= 0.3 is 0 Å². The first-order valence-corrected chi connectivity index (χ1v) is 7.30. The number of benzene rings is 2. The van der Waals surface area contributed by atoms with E-state index in [9.17, 15) is 18.4 Å². The van der Waals surface area contributed by atoms with Gasteiger partial charge in [-0.05, 0) is 24.3 Å². The molecule has 1 aromatic heterocycles. The van der Waals surface area contributed by atoms with Crippen molar-refractivity contribution in [2.24, 2.45) is 7.05 Å². The number of para-hydroxylation sites is 1. The molecule has 0 fully saturated rings. The molecular weight excluding hydrogens is 338 g/mol. The third-order valence-electron chi connectivity index (χ3n) is 3.52. The molecule has 1 amide bonds. The third kappa shape index (κ3) is 2.88. The predicted molar refractivity (Wildman–Crippen MR) is 88.5 cm³/mol. The summed E-state index contributed by atoms with van der Waals surface area (Å²) in [4.78, 5) is 24.9. The number of carbonyl (C=O) groups excluding carboxylic acids is 1. The van der Waals surface area contributed by atoms with E-state index in [1.807, 2.05) is 0 Å². The molecule has 1 heterocycles. The number of pyridine rings is 1. The van der Waals surface area contributed by atoms with Crippen LogP contribution >= 0.6 is 11.6 Å². The SMILES string of the molecule is Cn1cc(C(=O)Nc2cc(F)cc(F)c2)c(=O)c2cccc(Cl)c21. The zero-order chi connectivity index (χ0) is 17.4. The van der Waals surface area contributed by atoms with E-state index in [4.69, 9.17) is 11.6 Å². The van der Waals surface area contributed by atoms with Crippen molar-refractivity contribution in [1.29, 1.82) is 0 Å². The molecule has 1 N–H and O–H groups in total. The monoisotopic (exact) mass is 348 g/mol. The van der Waals surface area contributed by atoms with Crippen molar-refractivity contribution in [3.63, 3.8) is 0 Å². The van der Waals surface area contributed by atoms with Crippen molar-refractivity contribution in [3.8, 4) is 0 Å². The zero-order valence-electron chi connectivity index (χ0n) is 12.4. The van der Waals surface area contributed by atoms with Crippen LogP contribution in [0.1, 0.15) is 10.4 Å². The van der Waals surface area contributed by atoms with Crippen LogP contribution in [-0.4, -0.2) is 10.5 Å². The maximum atomic E-state index is 13.2. The summed E-state index contributed by atoms with van der Waals surface area (Å²) in [7, 11) is 1.65. The van der Waals surface area contributed by atoms with E-state index in [0.717, 1.165) is 12.1 Å². The van der Waals surface area contributed by atoms with Crippen LogP contribution in [0.5, 0.6) is 0 Å². The predicted octanol–water partition coefficient (Wildman–Crippen LogP) is 3.72. The molecule has 0 atom stereocenters. The van der Waals surface area contributed by atoms with Gasteiger partial charge in [-0.25, -0.2) is 8.78 Å². The average Bonchev–Trinajstić information content (AvgIpc) is 2.49. The number of nitrogens with one attached hydrogen (secondary N) is 1. The number of carbonyl (C=O) groups is 1. The summed E-state index contributed by atoms with van der Waals surface area (Å²) in [5.41, 5.74) is -0.250. The van der Waals surface area contributed by atoms with Crippen LogP contribution in [0.4, 0.5) is 14.5 Å². The molecule has 0 aliphatic rings. The highest BCUT2D eigenvalue weighted by Crippen LogP contribution is 2.21. The summed E-state index contributed by atoms with van der Waals surface area (Å²) in [6.07, 6.45) is 1.33. The smallest absolute Gasteiger partial charge is 0.261 e. The summed E-state index contributed by atoms with van der Waals surface area (Å²) in [5, 5.41) is 2.98. The normalized spacial score (nSPS) is 10.8. The second-order valence-electron chi connectivity index (χ2n) is 5.23. The molecule has 0 aliphatic heterocycles. The van der Waals surface area contributed by atoms with E-state index < -0.39 is 23.0 Å². The van der Waals surface area contributed by atoms with E-state index in [-0.39, 0.29) is 16.6 Å². The minimum absolute atomic E-state index is 0.0780. The van der Waals surface area contributed by atoms with Gasteiger partial charge in [0.1, 0.15) is 17.2 Å². The maximum Gasteiger partial charge on any atom is 0.261 e. The molecule has 2 aromatic carbocycles. The minimum atomic E-state index is -0.830. The Labute approximate surface area is 140 Å². The lowest BCUT2D eigenvalue weighted by Gasteiger charge is -2.11. The van der Waals surface area contributed by atoms with E-state index >= 15 is 0 Å². The number of aromatic nitrogens is 1. The van der Waals surface area contributed by atoms with Crippen LogP contribution < -0.4 is 10.7 Å². The van der Waals surface area contributed by atoms with Gasteiger partial charge in [-0.1, -0.05) is 17.7 Å². The number of hydrogen-bond acceptors (Lipinski definition) is 2. The maximum absolute atomic E-state index is 13.2. The first kappa shape index (κ1) is 16.1. The molecule has 0 radical (unpaired) electrons. The van der Waals surface area contributed by atoms with Gasteiger partial charge in [0.25, 0.3) is 5.91 Å².